The van der Waals surface area contributed by atoms with Crippen LogP contribution in [0.15, 0.2) is 54.2 Å². The number of benzene rings is 1. The minimum Gasteiger partial charge on any atom is -0.477 e. The Morgan fingerprint density at radius 3 is 2.48 bits per heavy atom. The molecule has 31 heavy (non-hydrogen) atoms. The van der Waals surface area contributed by atoms with Crippen molar-refractivity contribution in [3.05, 3.63) is 71.1 Å². The summed E-state index contributed by atoms with van der Waals surface area (Å²) in [7, 11) is 0. The van der Waals surface area contributed by atoms with Crippen LogP contribution in [0, 0.1) is 5.92 Å². The average molecular weight is 420 g/mol. The van der Waals surface area contributed by atoms with Gasteiger partial charge >= 0.3 is 5.97 Å². The molecular formula is C26H33N3O2. The molecule has 0 bridgehead atoms. The second-order valence-electron chi connectivity index (χ2n) is 8.89. The molecule has 0 amide bonds. The number of hydrogen-bond donors (Lipinski definition) is 3. The van der Waals surface area contributed by atoms with Crippen molar-refractivity contribution in [2.75, 3.05) is 0 Å². The Hall–Kier alpha value is -2.50. The Balaban J connectivity index is 1.18. The van der Waals surface area contributed by atoms with Crippen molar-refractivity contribution in [3.8, 4) is 0 Å². The highest BCUT2D eigenvalue weighted by Crippen LogP contribution is 2.40. The Morgan fingerprint density at radius 1 is 1.10 bits per heavy atom. The van der Waals surface area contributed by atoms with Gasteiger partial charge in [0.25, 0.3) is 0 Å². The van der Waals surface area contributed by atoms with Crippen LogP contribution < -0.4 is 10.6 Å². The third-order valence-electron chi connectivity index (χ3n) is 6.64. The maximum absolute atomic E-state index is 10.9. The molecule has 2 saturated carbocycles. The zero-order chi connectivity index (χ0) is 21.6. The number of nitrogens with one attached hydrogen (secondary N) is 2. The van der Waals surface area contributed by atoms with E-state index in [1.54, 1.807) is 17.8 Å². The van der Waals surface area contributed by atoms with Crippen LogP contribution in [0.3, 0.4) is 0 Å². The van der Waals surface area contributed by atoms with E-state index in [2.05, 4.69) is 58.9 Å². The Labute approximate surface area is 185 Å². The van der Waals surface area contributed by atoms with Crippen molar-refractivity contribution in [2.24, 2.45) is 5.92 Å². The lowest BCUT2D eigenvalue weighted by Crippen LogP contribution is -2.40. The van der Waals surface area contributed by atoms with Gasteiger partial charge in [-0.2, -0.15) is 0 Å². The van der Waals surface area contributed by atoms with E-state index in [-0.39, 0.29) is 5.69 Å². The molecule has 2 aliphatic carbocycles. The molecule has 5 nitrogen and oxygen atoms in total. The van der Waals surface area contributed by atoms with E-state index in [0.29, 0.717) is 24.0 Å². The number of nitrogens with zero attached hydrogens (tertiary/aromatic N) is 1. The lowest BCUT2D eigenvalue weighted by Gasteiger charge is -2.30. The van der Waals surface area contributed by atoms with Crippen LogP contribution in [0.4, 0.5) is 0 Å². The van der Waals surface area contributed by atoms with Gasteiger partial charge in [-0.3, -0.25) is 0 Å². The van der Waals surface area contributed by atoms with Gasteiger partial charge in [-0.05, 0) is 61.6 Å². The fraction of sp³-hybridized carbons (Fsp3) is 0.462. The molecule has 4 rings (SSSR count). The van der Waals surface area contributed by atoms with Crippen molar-refractivity contribution in [1.82, 2.24) is 15.6 Å². The summed E-state index contributed by atoms with van der Waals surface area (Å²) in [5.41, 5.74) is 4.01. The molecule has 1 aromatic heterocycles. The molecule has 0 spiro atoms. The fourth-order valence-electron chi connectivity index (χ4n) is 4.71. The van der Waals surface area contributed by atoms with Crippen LogP contribution in [0.2, 0.25) is 0 Å². The molecule has 2 aliphatic rings. The first kappa shape index (κ1) is 21.7. The van der Waals surface area contributed by atoms with Gasteiger partial charge in [-0.25, -0.2) is 9.78 Å². The molecule has 1 aromatic carbocycles. The Morgan fingerprint density at radius 2 is 1.84 bits per heavy atom. The predicted molar refractivity (Wildman–Crippen MR) is 124 cm³/mol. The minimum absolute atomic E-state index is 0.0959. The third-order valence-corrected chi connectivity index (χ3v) is 6.64. The predicted octanol–water partition coefficient (Wildman–Crippen LogP) is 4.65. The number of pyridine rings is 1. The minimum atomic E-state index is -0.982. The van der Waals surface area contributed by atoms with E-state index in [4.69, 9.17) is 5.11 Å². The summed E-state index contributed by atoms with van der Waals surface area (Å²) in [6, 6.07) is 15.9. The molecule has 0 saturated heterocycles. The molecule has 5 heteroatoms. The lowest BCUT2D eigenvalue weighted by atomic mass is 9.91. The number of hydrogen-bond acceptors (Lipinski definition) is 4. The van der Waals surface area contributed by atoms with Crippen LogP contribution >= 0.6 is 0 Å². The molecule has 2 fully saturated rings. The molecule has 1 heterocycles. The van der Waals surface area contributed by atoms with Gasteiger partial charge in [0.1, 0.15) is 5.69 Å². The van der Waals surface area contributed by atoms with Crippen molar-refractivity contribution in [2.45, 2.75) is 70.1 Å². The first-order valence-electron chi connectivity index (χ1n) is 11.6. The summed E-state index contributed by atoms with van der Waals surface area (Å²) >= 11 is 0. The zero-order valence-corrected chi connectivity index (χ0v) is 18.3. The normalized spacial score (nSPS) is 25.9. The summed E-state index contributed by atoms with van der Waals surface area (Å²) in [6.45, 7) is 3.01. The van der Waals surface area contributed by atoms with Gasteiger partial charge in [-0.15, -0.1) is 0 Å². The van der Waals surface area contributed by atoms with E-state index in [1.807, 2.05) is 6.07 Å². The highest BCUT2D eigenvalue weighted by Gasteiger charge is 2.40. The molecule has 0 aliphatic heterocycles. The highest BCUT2D eigenvalue weighted by atomic mass is 16.4. The molecule has 2 atom stereocenters. The molecule has 2 unspecified atom stereocenters. The second-order valence-corrected chi connectivity index (χ2v) is 8.89. The SMILES string of the molecule is CCC(=Cc1ccccc1)C1CC1NC1CCC(NCc2ccc(C(=O)O)nc2)CC1. The maximum atomic E-state index is 10.9. The van der Waals surface area contributed by atoms with Crippen LogP contribution in [0.1, 0.15) is 67.1 Å². The lowest BCUT2D eigenvalue weighted by molar-refractivity contribution is 0.0690. The quantitative estimate of drug-likeness (QED) is 0.552. The van der Waals surface area contributed by atoms with Crippen LogP contribution in [0.5, 0.6) is 0 Å². The van der Waals surface area contributed by atoms with E-state index in [1.165, 1.54) is 37.7 Å². The number of aromatic carboxylic acids is 1. The number of carboxylic acid groups (broad SMARTS) is 1. The van der Waals surface area contributed by atoms with E-state index in [9.17, 15) is 4.79 Å². The van der Waals surface area contributed by atoms with Crippen LogP contribution in [-0.4, -0.2) is 34.2 Å². The summed E-state index contributed by atoms with van der Waals surface area (Å²) in [6.07, 6.45) is 11.2. The monoisotopic (exact) mass is 419 g/mol. The number of rotatable bonds is 9. The fourth-order valence-corrected chi connectivity index (χ4v) is 4.71. The number of aromatic nitrogens is 1. The van der Waals surface area contributed by atoms with Crippen LogP contribution in [0.25, 0.3) is 6.08 Å². The van der Waals surface area contributed by atoms with Gasteiger partial charge in [0.2, 0.25) is 0 Å². The summed E-state index contributed by atoms with van der Waals surface area (Å²) in [5, 5.41) is 16.5. The van der Waals surface area contributed by atoms with Crippen molar-refractivity contribution < 1.29 is 9.90 Å². The number of carbonyl (C=O) groups is 1. The second kappa shape index (κ2) is 10.2. The van der Waals surface area contributed by atoms with Gasteiger partial charge in [0, 0.05) is 30.9 Å². The van der Waals surface area contributed by atoms with Gasteiger partial charge in [0.05, 0.1) is 0 Å². The van der Waals surface area contributed by atoms with Crippen molar-refractivity contribution in [1.29, 1.82) is 0 Å². The largest absolute Gasteiger partial charge is 0.477 e. The van der Waals surface area contributed by atoms with Crippen molar-refractivity contribution in [3.63, 3.8) is 0 Å². The molecule has 2 aromatic rings. The first-order chi connectivity index (χ1) is 15.1. The number of carboxylic acids is 1. The van der Waals surface area contributed by atoms with Gasteiger partial charge < -0.3 is 15.7 Å². The van der Waals surface area contributed by atoms with Crippen molar-refractivity contribution >= 4 is 12.0 Å². The highest BCUT2D eigenvalue weighted by molar-refractivity contribution is 5.85. The van der Waals surface area contributed by atoms with Gasteiger partial charge in [-0.1, -0.05) is 55.0 Å². The molecule has 3 N–H and O–H groups in total. The Bertz CT molecular complexity index is 887. The van der Waals surface area contributed by atoms with E-state index >= 15 is 0 Å². The van der Waals surface area contributed by atoms with Gasteiger partial charge in [0.15, 0.2) is 0 Å². The third kappa shape index (κ3) is 6.02. The topological polar surface area (TPSA) is 74.2 Å². The Kier molecular flexibility index (Phi) is 7.15. The van der Waals surface area contributed by atoms with Crippen LogP contribution in [-0.2, 0) is 6.54 Å². The zero-order valence-electron chi connectivity index (χ0n) is 18.3. The standard InChI is InChI=1S/C26H33N3O2/c1-2-20(14-18-6-4-3-5-7-18)23-15-25(23)29-22-11-9-21(10-12-22)27-16-19-8-13-24(26(30)31)28-17-19/h3-8,13-14,17,21-23,25,27,29H,2,9-12,15-16H2,1H3,(H,30,31). The smallest absolute Gasteiger partial charge is 0.354 e. The summed E-state index contributed by atoms with van der Waals surface area (Å²) < 4.78 is 0. The van der Waals surface area contributed by atoms with E-state index in [0.717, 1.165) is 18.5 Å². The van der Waals surface area contributed by atoms with E-state index < -0.39 is 5.97 Å². The molecule has 164 valence electrons. The maximum Gasteiger partial charge on any atom is 0.354 e. The summed E-state index contributed by atoms with van der Waals surface area (Å²) in [5.74, 6) is -0.285. The molecule has 0 radical (unpaired) electrons. The average Bonchev–Trinajstić information content (AvgIpc) is 3.56. The first-order valence-corrected chi connectivity index (χ1v) is 11.6. The summed E-state index contributed by atoms with van der Waals surface area (Å²) in [4.78, 5) is 14.9. The molecular weight excluding hydrogens is 386 g/mol.